The molecule has 0 aliphatic carbocycles. The van der Waals surface area contributed by atoms with Crippen molar-refractivity contribution in [2.45, 2.75) is 39.7 Å². The fourth-order valence-corrected chi connectivity index (χ4v) is 2.80. The van der Waals surface area contributed by atoms with E-state index in [-0.39, 0.29) is 23.8 Å². The molecule has 0 saturated carbocycles. The van der Waals surface area contributed by atoms with Crippen molar-refractivity contribution in [2.24, 2.45) is 0 Å². The lowest BCUT2D eigenvalue weighted by atomic mass is 10.1. The van der Waals surface area contributed by atoms with Crippen LogP contribution >= 0.6 is 0 Å². The molecule has 1 unspecified atom stereocenters. The average molecular weight is 327 g/mol. The number of oxazole rings is 1. The smallest absolute Gasteiger partial charge is 0.280 e. The van der Waals surface area contributed by atoms with Crippen LogP contribution in [0.4, 0.5) is 5.69 Å². The molecule has 2 amide bonds. The van der Waals surface area contributed by atoms with Crippen LogP contribution in [0.2, 0.25) is 0 Å². The number of benzene rings is 1. The van der Waals surface area contributed by atoms with E-state index in [4.69, 9.17) is 4.42 Å². The summed E-state index contributed by atoms with van der Waals surface area (Å²) < 4.78 is 5.61. The zero-order chi connectivity index (χ0) is 17.4. The average Bonchev–Trinajstić information content (AvgIpc) is 2.88. The summed E-state index contributed by atoms with van der Waals surface area (Å²) in [5.74, 6) is 0.717. The van der Waals surface area contributed by atoms with Crippen LogP contribution in [-0.2, 0) is 0 Å². The van der Waals surface area contributed by atoms with Crippen molar-refractivity contribution in [2.75, 3.05) is 11.4 Å². The summed E-state index contributed by atoms with van der Waals surface area (Å²) in [7, 11) is 0. The molecule has 0 spiro atoms. The number of amides is 2. The molecule has 0 bridgehead atoms. The third kappa shape index (κ3) is 2.79. The molecule has 1 aliphatic heterocycles. The number of para-hydroxylation sites is 1. The van der Waals surface area contributed by atoms with Gasteiger partial charge in [-0.3, -0.25) is 9.59 Å². The minimum absolute atomic E-state index is 0.101. The van der Waals surface area contributed by atoms with E-state index >= 15 is 0 Å². The number of fused-ring (bicyclic) bond motifs is 1. The maximum Gasteiger partial charge on any atom is 0.280 e. The Kier molecular flexibility index (Phi) is 4.13. The second-order valence-electron chi connectivity index (χ2n) is 6.42. The second kappa shape index (κ2) is 6.11. The van der Waals surface area contributed by atoms with Crippen LogP contribution in [0.15, 0.2) is 28.7 Å². The SMILES string of the molecule is Cc1oc(C(C)C)nc1C(=O)N1CC(C)NC(=O)c2ccccc21. The number of nitrogens with zero attached hydrogens (tertiary/aromatic N) is 2. The Hall–Kier alpha value is -2.63. The number of nitrogens with one attached hydrogen (secondary N) is 1. The molecule has 1 aromatic heterocycles. The van der Waals surface area contributed by atoms with E-state index in [0.29, 0.717) is 35.1 Å². The van der Waals surface area contributed by atoms with E-state index in [1.165, 1.54) is 0 Å². The number of hydrogen-bond acceptors (Lipinski definition) is 4. The van der Waals surface area contributed by atoms with Gasteiger partial charge in [0.25, 0.3) is 11.8 Å². The molecular weight excluding hydrogens is 306 g/mol. The molecule has 2 aromatic rings. The van der Waals surface area contributed by atoms with E-state index in [2.05, 4.69) is 10.3 Å². The maximum absolute atomic E-state index is 13.1. The van der Waals surface area contributed by atoms with Crippen molar-refractivity contribution in [3.63, 3.8) is 0 Å². The standard InChI is InChI=1S/C18H21N3O3/c1-10(2)17-20-15(12(4)24-17)18(23)21-9-11(3)19-16(22)13-7-5-6-8-14(13)21/h5-8,10-11H,9H2,1-4H3,(H,19,22). The zero-order valence-electron chi connectivity index (χ0n) is 14.3. The van der Waals surface area contributed by atoms with Gasteiger partial charge in [-0.25, -0.2) is 4.98 Å². The number of rotatable bonds is 2. The topological polar surface area (TPSA) is 75.4 Å². The lowest BCUT2D eigenvalue weighted by Crippen LogP contribution is -2.41. The van der Waals surface area contributed by atoms with Crippen molar-refractivity contribution in [1.82, 2.24) is 10.3 Å². The predicted molar refractivity (Wildman–Crippen MR) is 90.4 cm³/mol. The fourth-order valence-electron chi connectivity index (χ4n) is 2.80. The van der Waals surface area contributed by atoms with Crippen LogP contribution in [0.1, 0.15) is 59.2 Å². The molecule has 6 heteroatoms. The van der Waals surface area contributed by atoms with Crippen LogP contribution in [-0.4, -0.2) is 29.4 Å². The van der Waals surface area contributed by atoms with Gasteiger partial charge in [-0.2, -0.15) is 0 Å². The largest absolute Gasteiger partial charge is 0.445 e. The Morgan fingerprint density at radius 2 is 2.08 bits per heavy atom. The highest BCUT2D eigenvalue weighted by Gasteiger charge is 2.31. The minimum Gasteiger partial charge on any atom is -0.445 e. The Balaban J connectivity index is 2.05. The van der Waals surface area contributed by atoms with Gasteiger partial charge < -0.3 is 14.6 Å². The highest BCUT2D eigenvalue weighted by atomic mass is 16.4. The van der Waals surface area contributed by atoms with Crippen molar-refractivity contribution in [3.8, 4) is 0 Å². The van der Waals surface area contributed by atoms with Crippen LogP contribution in [0.25, 0.3) is 0 Å². The lowest BCUT2D eigenvalue weighted by Gasteiger charge is -2.23. The van der Waals surface area contributed by atoms with Crippen LogP contribution in [0, 0.1) is 6.92 Å². The zero-order valence-corrected chi connectivity index (χ0v) is 14.3. The Morgan fingerprint density at radius 1 is 1.38 bits per heavy atom. The van der Waals surface area contributed by atoms with Gasteiger partial charge in [-0.05, 0) is 26.0 Å². The molecule has 0 radical (unpaired) electrons. The first-order chi connectivity index (χ1) is 11.4. The molecule has 0 fully saturated rings. The van der Waals surface area contributed by atoms with E-state index in [1.54, 1.807) is 30.0 Å². The minimum atomic E-state index is -0.251. The van der Waals surface area contributed by atoms with Crippen LogP contribution in [0.3, 0.4) is 0 Å². The Bertz CT molecular complexity index is 795. The second-order valence-corrected chi connectivity index (χ2v) is 6.42. The number of aromatic nitrogens is 1. The Labute approximate surface area is 140 Å². The summed E-state index contributed by atoms with van der Waals surface area (Å²) in [4.78, 5) is 31.4. The number of anilines is 1. The third-order valence-corrected chi connectivity index (χ3v) is 4.03. The third-order valence-electron chi connectivity index (χ3n) is 4.03. The monoisotopic (exact) mass is 327 g/mol. The number of carbonyl (C=O) groups is 2. The predicted octanol–water partition coefficient (Wildman–Crippen LogP) is 2.89. The quantitative estimate of drug-likeness (QED) is 0.920. The lowest BCUT2D eigenvalue weighted by molar-refractivity contribution is 0.0938. The molecule has 0 saturated heterocycles. The number of carbonyl (C=O) groups excluding carboxylic acids is 2. The maximum atomic E-state index is 13.1. The first-order valence-corrected chi connectivity index (χ1v) is 8.07. The molecule has 1 N–H and O–H groups in total. The van der Waals surface area contributed by atoms with E-state index < -0.39 is 0 Å². The normalized spacial score (nSPS) is 17.5. The van der Waals surface area contributed by atoms with Gasteiger partial charge in [0.1, 0.15) is 5.76 Å². The molecular formula is C18H21N3O3. The molecule has 1 aliphatic rings. The summed E-state index contributed by atoms with van der Waals surface area (Å²) >= 11 is 0. The van der Waals surface area contributed by atoms with Gasteiger partial charge in [0.05, 0.1) is 11.3 Å². The van der Waals surface area contributed by atoms with Gasteiger partial charge in [0.15, 0.2) is 11.6 Å². The molecule has 126 valence electrons. The van der Waals surface area contributed by atoms with E-state index in [0.717, 1.165) is 0 Å². The number of hydrogen-bond donors (Lipinski definition) is 1. The first kappa shape index (κ1) is 16.2. The van der Waals surface area contributed by atoms with E-state index in [9.17, 15) is 9.59 Å². The molecule has 3 rings (SSSR count). The van der Waals surface area contributed by atoms with Crippen LogP contribution in [0.5, 0.6) is 0 Å². The van der Waals surface area contributed by atoms with Gasteiger partial charge in [-0.15, -0.1) is 0 Å². The summed E-state index contributed by atoms with van der Waals surface area (Å²) in [5.41, 5.74) is 1.38. The summed E-state index contributed by atoms with van der Waals surface area (Å²) in [5, 5.41) is 2.90. The first-order valence-electron chi connectivity index (χ1n) is 8.07. The number of aryl methyl sites for hydroxylation is 1. The van der Waals surface area contributed by atoms with Gasteiger partial charge in [-0.1, -0.05) is 26.0 Å². The molecule has 24 heavy (non-hydrogen) atoms. The summed E-state index contributed by atoms with van der Waals surface area (Å²) in [6, 6.07) is 6.94. The highest BCUT2D eigenvalue weighted by molar-refractivity contribution is 6.10. The highest BCUT2D eigenvalue weighted by Crippen LogP contribution is 2.27. The van der Waals surface area contributed by atoms with Gasteiger partial charge in [0.2, 0.25) is 0 Å². The Morgan fingerprint density at radius 3 is 2.75 bits per heavy atom. The van der Waals surface area contributed by atoms with Crippen molar-refractivity contribution >= 4 is 17.5 Å². The van der Waals surface area contributed by atoms with Gasteiger partial charge in [0, 0.05) is 18.5 Å². The molecule has 2 heterocycles. The van der Waals surface area contributed by atoms with Crippen molar-refractivity contribution in [3.05, 3.63) is 47.2 Å². The van der Waals surface area contributed by atoms with Crippen LogP contribution < -0.4 is 10.2 Å². The van der Waals surface area contributed by atoms with Crippen molar-refractivity contribution < 1.29 is 14.0 Å². The molecule has 6 nitrogen and oxygen atoms in total. The molecule has 1 aromatic carbocycles. The molecule has 1 atom stereocenters. The fraction of sp³-hybridized carbons (Fsp3) is 0.389. The van der Waals surface area contributed by atoms with E-state index in [1.807, 2.05) is 26.8 Å². The van der Waals surface area contributed by atoms with Crippen molar-refractivity contribution in [1.29, 1.82) is 0 Å². The summed E-state index contributed by atoms with van der Waals surface area (Å²) in [6.07, 6.45) is 0. The van der Waals surface area contributed by atoms with Gasteiger partial charge >= 0.3 is 0 Å². The summed E-state index contributed by atoms with van der Waals surface area (Å²) in [6.45, 7) is 7.92.